The van der Waals surface area contributed by atoms with Crippen LogP contribution in [-0.4, -0.2) is 27.4 Å². The van der Waals surface area contributed by atoms with Crippen molar-refractivity contribution < 1.29 is 9.18 Å². The Morgan fingerprint density at radius 2 is 1.88 bits per heavy atom. The SMILES string of the molecule is O=C(NCCc1ccccc1F)c1cc(NCc2ccncc2)ncn1. The van der Waals surface area contributed by atoms with E-state index in [-0.39, 0.29) is 17.4 Å². The van der Waals surface area contributed by atoms with Crippen molar-refractivity contribution in [1.82, 2.24) is 20.3 Å². The second-order valence-electron chi connectivity index (χ2n) is 5.59. The second kappa shape index (κ2) is 8.66. The van der Waals surface area contributed by atoms with Crippen molar-refractivity contribution in [1.29, 1.82) is 0 Å². The van der Waals surface area contributed by atoms with Gasteiger partial charge in [0.1, 0.15) is 23.7 Å². The third-order valence-corrected chi connectivity index (χ3v) is 3.76. The highest BCUT2D eigenvalue weighted by Crippen LogP contribution is 2.08. The first-order valence-corrected chi connectivity index (χ1v) is 8.19. The topological polar surface area (TPSA) is 79.8 Å². The third kappa shape index (κ3) is 4.83. The van der Waals surface area contributed by atoms with Crippen LogP contribution in [0, 0.1) is 5.82 Å². The molecule has 2 heterocycles. The maximum Gasteiger partial charge on any atom is 0.270 e. The van der Waals surface area contributed by atoms with Crippen LogP contribution in [0.4, 0.5) is 10.2 Å². The standard InChI is InChI=1S/C19H18FN5O/c20-16-4-2-1-3-15(16)7-10-22-19(26)17-11-18(25-13-24-17)23-12-14-5-8-21-9-6-14/h1-6,8-9,11,13H,7,10,12H2,(H,22,26)(H,23,24,25). The van der Waals surface area contributed by atoms with Gasteiger partial charge in [0.05, 0.1) is 0 Å². The molecule has 0 aliphatic rings. The molecule has 0 fully saturated rings. The highest BCUT2D eigenvalue weighted by atomic mass is 19.1. The van der Waals surface area contributed by atoms with Crippen molar-refractivity contribution in [3.63, 3.8) is 0 Å². The smallest absolute Gasteiger partial charge is 0.270 e. The maximum absolute atomic E-state index is 13.6. The lowest BCUT2D eigenvalue weighted by Crippen LogP contribution is -2.27. The molecule has 132 valence electrons. The zero-order valence-corrected chi connectivity index (χ0v) is 14.0. The molecule has 0 aliphatic heterocycles. The molecule has 0 bridgehead atoms. The van der Waals surface area contributed by atoms with Gasteiger partial charge in [-0.2, -0.15) is 0 Å². The number of nitrogens with zero attached hydrogens (tertiary/aromatic N) is 3. The molecule has 26 heavy (non-hydrogen) atoms. The normalized spacial score (nSPS) is 10.3. The predicted molar refractivity (Wildman–Crippen MR) is 96.0 cm³/mol. The number of carbonyl (C=O) groups is 1. The van der Waals surface area contributed by atoms with Crippen LogP contribution >= 0.6 is 0 Å². The summed E-state index contributed by atoms with van der Waals surface area (Å²) in [6.45, 7) is 0.886. The molecule has 3 aromatic rings. The van der Waals surface area contributed by atoms with Crippen LogP contribution < -0.4 is 10.6 Å². The number of benzene rings is 1. The molecule has 0 saturated carbocycles. The number of hydrogen-bond donors (Lipinski definition) is 2. The fourth-order valence-electron chi connectivity index (χ4n) is 2.37. The van der Waals surface area contributed by atoms with E-state index in [1.807, 2.05) is 12.1 Å². The van der Waals surface area contributed by atoms with Crippen molar-refractivity contribution in [3.05, 3.63) is 83.8 Å². The fourth-order valence-corrected chi connectivity index (χ4v) is 2.37. The number of halogens is 1. The van der Waals surface area contributed by atoms with Crippen LogP contribution in [-0.2, 0) is 13.0 Å². The van der Waals surface area contributed by atoms with E-state index < -0.39 is 0 Å². The van der Waals surface area contributed by atoms with E-state index >= 15 is 0 Å². The van der Waals surface area contributed by atoms with E-state index in [0.717, 1.165) is 5.56 Å². The highest BCUT2D eigenvalue weighted by molar-refractivity contribution is 5.92. The van der Waals surface area contributed by atoms with Crippen molar-refractivity contribution in [3.8, 4) is 0 Å². The van der Waals surface area contributed by atoms with Gasteiger partial charge in [0.25, 0.3) is 5.91 Å². The van der Waals surface area contributed by atoms with Gasteiger partial charge in [-0.15, -0.1) is 0 Å². The number of aromatic nitrogens is 3. The minimum absolute atomic E-state index is 0.255. The minimum atomic E-state index is -0.323. The first-order chi connectivity index (χ1) is 12.7. The molecule has 0 aliphatic carbocycles. The summed E-state index contributed by atoms with van der Waals surface area (Å²) < 4.78 is 13.6. The quantitative estimate of drug-likeness (QED) is 0.684. The molecule has 7 heteroatoms. The minimum Gasteiger partial charge on any atom is -0.366 e. The summed E-state index contributed by atoms with van der Waals surface area (Å²) >= 11 is 0. The van der Waals surface area contributed by atoms with Gasteiger partial charge in [-0.1, -0.05) is 18.2 Å². The van der Waals surface area contributed by atoms with Gasteiger partial charge in [0.2, 0.25) is 0 Å². The predicted octanol–water partition coefficient (Wildman–Crippen LogP) is 2.60. The van der Waals surface area contributed by atoms with Gasteiger partial charge in [-0.3, -0.25) is 9.78 Å². The van der Waals surface area contributed by atoms with E-state index in [1.54, 1.807) is 36.7 Å². The number of pyridine rings is 1. The number of rotatable bonds is 7. The van der Waals surface area contributed by atoms with Gasteiger partial charge in [-0.25, -0.2) is 14.4 Å². The molecule has 2 aromatic heterocycles. The zero-order valence-electron chi connectivity index (χ0n) is 14.0. The molecule has 0 unspecified atom stereocenters. The van der Waals surface area contributed by atoms with Crippen molar-refractivity contribution in [2.45, 2.75) is 13.0 Å². The lowest BCUT2D eigenvalue weighted by atomic mass is 10.1. The number of anilines is 1. The van der Waals surface area contributed by atoms with Crippen molar-refractivity contribution in [2.75, 3.05) is 11.9 Å². The van der Waals surface area contributed by atoms with Crippen LogP contribution in [0.2, 0.25) is 0 Å². The average Bonchev–Trinajstić information content (AvgIpc) is 2.69. The maximum atomic E-state index is 13.6. The number of nitrogens with one attached hydrogen (secondary N) is 2. The van der Waals surface area contributed by atoms with Crippen molar-refractivity contribution >= 4 is 11.7 Å². The first-order valence-electron chi connectivity index (χ1n) is 8.19. The highest BCUT2D eigenvalue weighted by Gasteiger charge is 2.09. The summed E-state index contributed by atoms with van der Waals surface area (Å²) in [4.78, 5) is 24.3. The Bertz CT molecular complexity index is 873. The van der Waals surface area contributed by atoms with Crippen LogP contribution in [0.1, 0.15) is 21.6 Å². The summed E-state index contributed by atoms with van der Waals surface area (Å²) in [7, 11) is 0. The molecule has 2 N–H and O–H groups in total. The second-order valence-corrected chi connectivity index (χ2v) is 5.59. The largest absolute Gasteiger partial charge is 0.366 e. The molecule has 3 rings (SSSR count). The van der Waals surface area contributed by atoms with Gasteiger partial charge in [0.15, 0.2) is 0 Å². The Kier molecular flexibility index (Phi) is 5.82. The van der Waals surface area contributed by atoms with Crippen LogP contribution in [0.5, 0.6) is 0 Å². The summed E-state index contributed by atoms with van der Waals surface area (Å²) in [5, 5.41) is 5.88. The van der Waals surface area contributed by atoms with Crippen LogP contribution in [0.25, 0.3) is 0 Å². The number of carbonyl (C=O) groups excluding carboxylic acids is 1. The Labute approximate surface area is 150 Å². The summed E-state index contributed by atoms with van der Waals surface area (Å²) in [6, 6.07) is 11.9. The van der Waals surface area contributed by atoms with Crippen molar-refractivity contribution in [2.24, 2.45) is 0 Å². The molecule has 0 saturated heterocycles. The van der Waals surface area contributed by atoms with E-state index in [2.05, 4.69) is 25.6 Å². The molecule has 1 aromatic carbocycles. The number of hydrogen-bond acceptors (Lipinski definition) is 5. The Balaban J connectivity index is 1.53. The zero-order chi connectivity index (χ0) is 18.2. The van der Waals surface area contributed by atoms with Gasteiger partial charge < -0.3 is 10.6 Å². The molecule has 0 atom stereocenters. The third-order valence-electron chi connectivity index (χ3n) is 3.76. The van der Waals surface area contributed by atoms with Crippen LogP contribution in [0.3, 0.4) is 0 Å². The van der Waals surface area contributed by atoms with E-state index in [1.165, 1.54) is 12.4 Å². The molecule has 6 nitrogen and oxygen atoms in total. The average molecular weight is 351 g/mol. The fraction of sp³-hybridized carbons (Fsp3) is 0.158. The summed E-state index contributed by atoms with van der Waals surface area (Å²) in [6.07, 6.45) is 5.17. The van der Waals surface area contributed by atoms with Gasteiger partial charge in [-0.05, 0) is 35.7 Å². The van der Waals surface area contributed by atoms with E-state index in [0.29, 0.717) is 30.9 Å². The van der Waals surface area contributed by atoms with Gasteiger partial charge in [0, 0.05) is 31.5 Å². The Morgan fingerprint density at radius 1 is 1.08 bits per heavy atom. The van der Waals surface area contributed by atoms with Crippen LogP contribution in [0.15, 0.2) is 61.2 Å². The summed E-state index contributed by atoms with van der Waals surface area (Å²) in [5.74, 6) is -0.0434. The molecule has 0 radical (unpaired) electrons. The lowest BCUT2D eigenvalue weighted by Gasteiger charge is -2.08. The van der Waals surface area contributed by atoms with E-state index in [9.17, 15) is 9.18 Å². The Hall–Kier alpha value is -3.35. The monoisotopic (exact) mass is 351 g/mol. The summed E-state index contributed by atoms with van der Waals surface area (Å²) in [5.41, 5.74) is 1.87. The molecular weight excluding hydrogens is 333 g/mol. The van der Waals surface area contributed by atoms with Gasteiger partial charge >= 0.3 is 0 Å². The lowest BCUT2D eigenvalue weighted by molar-refractivity contribution is 0.0949. The van der Waals surface area contributed by atoms with E-state index in [4.69, 9.17) is 0 Å². The first kappa shape index (κ1) is 17.5. The molecule has 1 amide bonds. The number of amides is 1. The molecular formula is C19H18FN5O. The Morgan fingerprint density at radius 3 is 2.69 bits per heavy atom. The molecule has 0 spiro atoms.